The molecule has 0 amide bonds. The average Bonchev–Trinajstić information content (AvgIpc) is 3.44. The Morgan fingerprint density at radius 3 is 2.74 bits per heavy atom. The van der Waals surface area contributed by atoms with Crippen molar-refractivity contribution in [1.29, 1.82) is 0 Å². The van der Waals surface area contributed by atoms with Gasteiger partial charge in [0.2, 0.25) is 0 Å². The summed E-state index contributed by atoms with van der Waals surface area (Å²) in [6.45, 7) is 1.17. The van der Waals surface area contributed by atoms with E-state index in [-0.39, 0.29) is 6.61 Å². The first-order chi connectivity index (χ1) is 11.3. The molecule has 1 aromatic rings. The van der Waals surface area contributed by atoms with Crippen molar-refractivity contribution in [2.24, 2.45) is 11.8 Å². The molecular weight excluding hydrogens is 290 g/mol. The normalized spacial score (nSPS) is 24.4. The minimum Gasteiger partial charge on any atom is -0.493 e. The minimum absolute atomic E-state index is 0.0102. The molecule has 2 fully saturated rings. The van der Waals surface area contributed by atoms with E-state index in [1.54, 1.807) is 7.11 Å². The summed E-state index contributed by atoms with van der Waals surface area (Å²) in [4.78, 5) is 0. The number of aliphatic hydroxyl groups is 1. The zero-order chi connectivity index (χ0) is 16.1. The van der Waals surface area contributed by atoms with E-state index in [9.17, 15) is 0 Å². The van der Waals surface area contributed by atoms with Crippen molar-refractivity contribution in [3.63, 3.8) is 0 Å². The van der Waals surface area contributed by atoms with Crippen molar-refractivity contribution < 1.29 is 14.6 Å². The van der Waals surface area contributed by atoms with Gasteiger partial charge in [-0.3, -0.25) is 0 Å². The molecule has 0 saturated heterocycles. The summed E-state index contributed by atoms with van der Waals surface area (Å²) >= 11 is 0. The molecule has 2 saturated carbocycles. The van der Waals surface area contributed by atoms with Gasteiger partial charge in [-0.1, -0.05) is 18.9 Å². The maximum atomic E-state index is 8.86. The van der Waals surface area contributed by atoms with Crippen LogP contribution in [-0.4, -0.2) is 31.5 Å². The van der Waals surface area contributed by atoms with Crippen molar-refractivity contribution in [3.8, 4) is 11.5 Å². The summed E-state index contributed by atoms with van der Waals surface area (Å²) in [5.74, 6) is 3.42. The summed E-state index contributed by atoms with van der Waals surface area (Å²) < 4.78 is 10.9. The second kappa shape index (κ2) is 8.02. The molecule has 3 rings (SSSR count). The van der Waals surface area contributed by atoms with Gasteiger partial charge in [-0.25, -0.2) is 0 Å². The maximum absolute atomic E-state index is 8.86. The molecule has 2 aliphatic rings. The molecule has 23 heavy (non-hydrogen) atoms. The lowest BCUT2D eigenvalue weighted by Crippen LogP contribution is -2.34. The third kappa shape index (κ3) is 4.61. The molecule has 2 unspecified atom stereocenters. The third-order valence-corrected chi connectivity index (χ3v) is 5.18. The molecule has 2 atom stereocenters. The van der Waals surface area contributed by atoms with E-state index < -0.39 is 0 Å². The second-order valence-electron chi connectivity index (χ2n) is 6.90. The molecule has 2 aliphatic carbocycles. The SMILES string of the molecule is COc1cc(CNC2CCCC(C3CC3)C2)ccc1OCCO. The highest BCUT2D eigenvalue weighted by Crippen LogP contribution is 2.43. The van der Waals surface area contributed by atoms with E-state index in [2.05, 4.69) is 11.4 Å². The Morgan fingerprint density at radius 1 is 1.13 bits per heavy atom. The fourth-order valence-electron chi connectivity index (χ4n) is 3.77. The topological polar surface area (TPSA) is 50.7 Å². The lowest BCUT2D eigenvalue weighted by molar-refractivity contribution is 0.196. The first kappa shape index (κ1) is 16.6. The summed E-state index contributed by atoms with van der Waals surface area (Å²) in [7, 11) is 1.65. The molecule has 0 spiro atoms. The standard InChI is InChI=1S/C19H29NO3/c1-22-19-11-14(5-8-18(19)23-10-9-21)13-20-17-4-2-3-16(12-17)15-6-7-15/h5,8,11,15-17,20-21H,2-4,6-7,9-10,12-13H2,1H3. The van der Waals surface area contributed by atoms with Crippen LogP contribution < -0.4 is 14.8 Å². The van der Waals surface area contributed by atoms with Crippen molar-refractivity contribution in [2.75, 3.05) is 20.3 Å². The summed E-state index contributed by atoms with van der Waals surface area (Å²) in [6, 6.07) is 6.69. The van der Waals surface area contributed by atoms with Gasteiger partial charge in [-0.2, -0.15) is 0 Å². The average molecular weight is 319 g/mol. The molecule has 1 aromatic carbocycles. The molecule has 2 N–H and O–H groups in total. The van der Waals surface area contributed by atoms with Gasteiger partial charge >= 0.3 is 0 Å². The van der Waals surface area contributed by atoms with Gasteiger partial charge in [0.25, 0.3) is 0 Å². The van der Waals surface area contributed by atoms with Crippen molar-refractivity contribution in [3.05, 3.63) is 23.8 Å². The van der Waals surface area contributed by atoms with Gasteiger partial charge < -0.3 is 19.9 Å². The van der Waals surface area contributed by atoms with Crippen LogP contribution >= 0.6 is 0 Å². The van der Waals surface area contributed by atoms with Crippen LogP contribution in [0.4, 0.5) is 0 Å². The van der Waals surface area contributed by atoms with Gasteiger partial charge in [0, 0.05) is 12.6 Å². The van der Waals surface area contributed by atoms with Crippen LogP contribution in [0.5, 0.6) is 11.5 Å². The predicted molar refractivity (Wildman–Crippen MR) is 90.9 cm³/mol. The van der Waals surface area contributed by atoms with Crippen LogP contribution in [0.1, 0.15) is 44.1 Å². The molecule has 4 nitrogen and oxygen atoms in total. The lowest BCUT2D eigenvalue weighted by Gasteiger charge is -2.30. The van der Waals surface area contributed by atoms with E-state index in [1.165, 1.54) is 44.1 Å². The summed E-state index contributed by atoms with van der Waals surface area (Å²) in [5, 5.41) is 12.6. The van der Waals surface area contributed by atoms with Crippen LogP contribution in [0.3, 0.4) is 0 Å². The van der Waals surface area contributed by atoms with Crippen LogP contribution in [0.2, 0.25) is 0 Å². The van der Waals surface area contributed by atoms with Crippen molar-refractivity contribution >= 4 is 0 Å². The van der Waals surface area contributed by atoms with Gasteiger partial charge in [0.1, 0.15) is 6.61 Å². The van der Waals surface area contributed by atoms with Crippen LogP contribution in [-0.2, 0) is 6.54 Å². The van der Waals surface area contributed by atoms with E-state index in [4.69, 9.17) is 14.6 Å². The number of ether oxygens (including phenoxy) is 2. The molecule has 0 radical (unpaired) electrons. The Bertz CT molecular complexity index is 501. The Labute approximate surface area is 139 Å². The van der Waals surface area contributed by atoms with Gasteiger partial charge in [-0.05, 0) is 55.2 Å². The number of nitrogens with one attached hydrogen (secondary N) is 1. The maximum Gasteiger partial charge on any atom is 0.161 e. The number of methoxy groups -OCH3 is 1. The Balaban J connectivity index is 1.52. The smallest absolute Gasteiger partial charge is 0.161 e. The second-order valence-corrected chi connectivity index (χ2v) is 6.90. The predicted octanol–water partition coefficient (Wildman–Crippen LogP) is 3.12. The number of rotatable bonds is 8. The molecule has 128 valence electrons. The van der Waals surface area contributed by atoms with Crippen LogP contribution in [0, 0.1) is 11.8 Å². The van der Waals surface area contributed by atoms with Gasteiger partial charge in [0.15, 0.2) is 11.5 Å². The first-order valence-electron chi connectivity index (χ1n) is 8.94. The highest BCUT2D eigenvalue weighted by Gasteiger charge is 2.34. The van der Waals surface area contributed by atoms with E-state index in [1.807, 2.05) is 12.1 Å². The van der Waals surface area contributed by atoms with Crippen LogP contribution in [0.25, 0.3) is 0 Å². The van der Waals surface area contributed by atoms with Crippen molar-refractivity contribution in [2.45, 2.75) is 51.1 Å². The highest BCUT2D eigenvalue weighted by molar-refractivity contribution is 5.43. The minimum atomic E-state index is 0.0102. The molecule has 4 heteroatoms. The Kier molecular flexibility index (Phi) is 5.79. The monoisotopic (exact) mass is 319 g/mol. The zero-order valence-corrected chi connectivity index (χ0v) is 14.1. The Morgan fingerprint density at radius 2 is 2.00 bits per heavy atom. The van der Waals surface area contributed by atoms with Gasteiger partial charge in [0.05, 0.1) is 13.7 Å². The Hall–Kier alpha value is -1.26. The summed E-state index contributed by atoms with van der Waals surface area (Å²) in [6.07, 6.45) is 8.38. The van der Waals surface area contributed by atoms with Crippen LogP contribution in [0.15, 0.2) is 18.2 Å². The molecule has 0 aromatic heterocycles. The summed E-state index contributed by atoms with van der Waals surface area (Å²) in [5.41, 5.74) is 1.21. The number of benzene rings is 1. The lowest BCUT2D eigenvalue weighted by atomic mass is 9.82. The van der Waals surface area contributed by atoms with E-state index in [0.29, 0.717) is 18.4 Å². The molecule has 0 heterocycles. The highest BCUT2D eigenvalue weighted by atomic mass is 16.5. The van der Waals surface area contributed by atoms with Crippen molar-refractivity contribution in [1.82, 2.24) is 5.32 Å². The largest absolute Gasteiger partial charge is 0.493 e. The third-order valence-electron chi connectivity index (χ3n) is 5.18. The van der Waals surface area contributed by atoms with E-state index >= 15 is 0 Å². The fraction of sp³-hybridized carbons (Fsp3) is 0.684. The quantitative estimate of drug-likeness (QED) is 0.773. The number of aliphatic hydroxyl groups excluding tert-OH is 1. The zero-order valence-electron chi connectivity index (χ0n) is 14.1. The molecule has 0 aliphatic heterocycles. The van der Waals surface area contributed by atoms with E-state index in [0.717, 1.165) is 24.1 Å². The van der Waals surface area contributed by atoms with Gasteiger partial charge in [-0.15, -0.1) is 0 Å². The molecular formula is C19H29NO3. The number of hydrogen-bond donors (Lipinski definition) is 2. The fourth-order valence-corrected chi connectivity index (χ4v) is 3.77. The first-order valence-corrected chi connectivity index (χ1v) is 8.94. The number of hydrogen-bond acceptors (Lipinski definition) is 4. The molecule has 0 bridgehead atoms.